The van der Waals surface area contributed by atoms with Gasteiger partial charge < -0.3 is 8.83 Å². The summed E-state index contributed by atoms with van der Waals surface area (Å²) in [7, 11) is 0. The molecule has 46 heavy (non-hydrogen) atoms. The zero-order valence-electron chi connectivity index (χ0n) is 24.8. The molecular weight excluding hydrogens is 560 g/mol. The van der Waals surface area contributed by atoms with Crippen LogP contribution in [-0.2, 0) is 0 Å². The average Bonchev–Trinajstić information content (AvgIpc) is 3.66. The highest BCUT2D eigenvalue weighted by Crippen LogP contribution is 2.45. The Bertz CT molecular complexity index is 2730. The molecule has 2 heteroatoms. The van der Waals surface area contributed by atoms with Crippen molar-refractivity contribution in [1.29, 1.82) is 0 Å². The van der Waals surface area contributed by atoms with E-state index in [-0.39, 0.29) is 0 Å². The van der Waals surface area contributed by atoms with Crippen LogP contribution in [-0.4, -0.2) is 0 Å². The summed E-state index contributed by atoms with van der Waals surface area (Å²) >= 11 is 0. The highest BCUT2D eigenvalue weighted by Gasteiger charge is 2.19. The molecule has 0 radical (unpaired) electrons. The fourth-order valence-electron chi connectivity index (χ4n) is 7.37. The van der Waals surface area contributed by atoms with Crippen LogP contribution in [0.15, 0.2) is 167 Å². The molecule has 0 fully saturated rings. The van der Waals surface area contributed by atoms with Gasteiger partial charge in [-0.05, 0) is 91.3 Å². The normalized spacial score (nSPS) is 11.9. The molecule has 0 bridgehead atoms. The fraction of sp³-hybridized carbons (Fsp3) is 0. The quantitative estimate of drug-likeness (QED) is 0.193. The van der Waals surface area contributed by atoms with Gasteiger partial charge in [0.15, 0.2) is 0 Å². The first-order valence-corrected chi connectivity index (χ1v) is 15.7. The maximum Gasteiger partial charge on any atom is 0.136 e. The van der Waals surface area contributed by atoms with Crippen molar-refractivity contribution in [3.8, 4) is 33.4 Å². The van der Waals surface area contributed by atoms with Crippen molar-refractivity contribution in [2.75, 3.05) is 0 Å². The van der Waals surface area contributed by atoms with Gasteiger partial charge >= 0.3 is 0 Å². The molecule has 0 unspecified atom stereocenters. The van der Waals surface area contributed by atoms with E-state index in [1.165, 1.54) is 54.9 Å². The SMILES string of the molecule is c1ccc(-c2ccc3oc4cc5c(cc4c3c2)oc2ccc(-c3c4ccccc4c(-c4ccccc4)c4ccccc34)cc25)cc1. The number of furan rings is 2. The van der Waals surface area contributed by atoms with Crippen molar-refractivity contribution in [3.05, 3.63) is 158 Å². The first-order valence-electron chi connectivity index (χ1n) is 15.7. The maximum absolute atomic E-state index is 6.49. The first-order chi connectivity index (χ1) is 22.8. The molecule has 0 N–H and O–H groups in total. The van der Waals surface area contributed by atoms with Gasteiger partial charge in [-0.25, -0.2) is 0 Å². The Morgan fingerprint density at radius 3 is 1.15 bits per heavy atom. The molecule has 10 aromatic rings. The van der Waals surface area contributed by atoms with E-state index in [0.717, 1.165) is 43.9 Å². The van der Waals surface area contributed by atoms with E-state index >= 15 is 0 Å². The second-order valence-electron chi connectivity index (χ2n) is 12.0. The van der Waals surface area contributed by atoms with Gasteiger partial charge in [0.05, 0.1) is 0 Å². The zero-order valence-corrected chi connectivity index (χ0v) is 24.8. The zero-order chi connectivity index (χ0) is 30.2. The van der Waals surface area contributed by atoms with Crippen molar-refractivity contribution < 1.29 is 8.83 Å². The highest BCUT2D eigenvalue weighted by atomic mass is 16.3. The van der Waals surface area contributed by atoms with Crippen molar-refractivity contribution in [2.45, 2.75) is 0 Å². The van der Waals surface area contributed by atoms with Crippen LogP contribution in [0.1, 0.15) is 0 Å². The van der Waals surface area contributed by atoms with E-state index in [9.17, 15) is 0 Å². The minimum absolute atomic E-state index is 0.863. The fourth-order valence-corrected chi connectivity index (χ4v) is 7.37. The van der Waals surface area contributed by atoms with Gasteiger partial charge in [0.2, 0.25) is 0 Å². The van der Waals surface area contributed by atoms with Crippen molar-refractivity contribution >= 4 is 65.4 Å². The van der Waals surface area contributed by atoms with Crippen LogP contribution in [0.4, 0.5) is 0 Å². The largest absolute Gasteiger partial charge is 0.456 e. The van der Waals surface area contributed by atoms with E-state index in [1.807, 2.05) is 6.07 Å². The third-order valence-corrected chi connectivity index (χ3v) is 9.45. The highest BCUT2D eigenvalue weighted by molar-refractivity contribution is 6.22. The van der Waals surface area contributed by atoms with Crippen molar-refractivity contribution in [2.24, 2.45) is 0 Å². The number of benzene rings is 8. The van der Waals surface area contributed by atoms with Crippen LogP contribution < -0.4 is 0 Å². The first kappa shape index (κ1) is 25.2. The van der Waals surface area contributed by atoms with Gasteiger partial charge in [0, 0.05) is 21.5 Å². The summed E-state index contributed by atoms with van der Waals surface area (Å²) in [4.78, 5) is 0. The third kappa shape index (κ3) is 3.71. The van der Waals surface area contributed by atoms with E-state index < -0.39 is 0 Å². The van der Waals surface area contributed by atoms with Crippen LogP contribution >= 0.6 is 0 Å². The van der Waals surface area contributed by atoms with Gasteiger partial charge in [-0.2, -0.15) is 0 Å². The molecule has 0 aliphatic carbocycles. The summed E-state index contributed by atoms with van der Waals surface area (Å²) in [6.07, 6.45) is 0. The van der Waals surface area contributed by atoms with E-state index in [4.69, 9.17) is 8.83 Å². The van der Waals surface area contributed by atoms with Crippen LogP contribution in [0.5, 0.6) is 0 Å². The predicted octanol–water partition coefficient (Wildman–Crippen LogP) is 12.8. The van der Waals surface area contributed by atoms with Crippen LogP contribution in [0.25, 0.3) is 98.8 Å². The van der Waals surface area contributed by atoms with E-state index in [1.54, 1.807) is 0 Å². The third-order valence-electron chi connectivity index (χ3n) is 9.45. The molecule has 0 aliphatic rings. The summed E-state index contributed by atoms with van der Waals surface area (Å²) in [5, 5.41) is 9.27. The Morgan fingerprint density at radius 1 is 0.239 bits per heavy atom. The molecule has 214 valence electrons. The smallest absolute Gasteiger partial charge is 0.136 e. The summed E-state index contributed by atoms with van der Waals surface area (Å²) in [5.74, 6) is 0. The maximum atomic E-state index is 6.49. The second-order valence-corrected chi connectivity index (χ2v) is 12.0. The topological polar surface area (TPSA) is 26.3 Å². The molecule has 0 saturated heterocycles. The Balaban J connectivity index is 1.21. The number of hydrogen-bond acceptors (Lipinski definition) is 2. The van der Waals surface area contributed by atoms with Gasteiger partial charge in [-0.3, -0.25) is 0 Å². The number of fused-ring (bicyclic) bond motifs is 8. The molecule has 0 spiro atoms. The number of rotatable bonds is 3. The summed E-state index contributed by atoms with van der Waals surface area (Å²) in [6.45, 7) is 0. The molecule has 0 saturated carbocycles. The molecule has 2 aromatic heterocycles. The standard InChI is InChI=1S/C44H26O2/c1-3-11-27(12-4-1)29-19-21-39-35(23-29)37-25-42-38(26-41(37)45-39)36-24-30(20-22-40(36)46-42)44-33-17-9-7-15-31(33)43(28-13-5-2-6-14-28)32-16-8-10-18-34(32)44/h1-26H. The summed E-state index contributed by atoms with van der Waals surface area (Å²) < 4.78 is 12.9. The Morgan fingerprint density at radius 2 is 0.630 bits per heavy atom. The van der Waals surface area contributed by atoms with Crippen molar-refractivity contribution in [1.82, 2.24) is 0 Å². The second kappa shape index (κ2) is 9.69. The monoisotopic (exact) mass is 586 g/mol. The summed E-state index contributed by atoms with van der Waals surface area (Å²) in [5.41, 5.74) is 10.7. The average molecular weight is 587 g/mol. The lowest BCUT2D eigenvalue weighted by molar-refractivity contribution is 0.664. The number of hydrogen-bond donors (Lipinski definition) is 0. The van der Waals surface area contributed by atoms with E-state index in [0.29, 0.717) is 0 Å². The van der Waals surface area contributed by atoms with Crippen LogP contribution in [0.3, 0.4) is 0 Å². The summed E-state index contributed by atoms with van der Waals surface area (Å²) in [6, 6.07) is 56.1. The lowest BCUT2D eigenvalue weighted by Gasteiger charge is -2.17. The van der Waals surface area contributed by atoms with E-state index in [2.05, 4.69) is 152 Å². The molecule has 8 aromatic carbocycles. The van der Waals surface area contributed by atoms with Gasteiger partial charge in [0.25, 0.3) is 0 Å². The minimum atomic E-state index is 0.863. The van der Waals surface area contributed by atoms with Gasteiger partial charge in [-0.15, -0.1) is 0 Å². The molecule has 2 heterocycles. The van der Waals surface area contributed by atoms with Crippen LogP contribution in [0, 0.1) is 0 Å². The van der Waals surface area contributed by atoms with Gasteiger partial charge in [-0.1, -0.05) is 121 Å². The van der Waals surface area contributed by atoms with Crippen molar-refractivity contribution in [3.63, 3.8) is 0 Å². The molecule has 0 amide bonds. The predicted molar refractivity (Wildman–Crippen MR) is 192 cm³/mol. The van der Waals surface area contributed by atoms with Gasteiger partial charge in [0.1, 0.15) is 22.3 Å². The molecule has 2 nitrogen and oxygen atoms in total. The molecular formula is C44H26O2. The molecule has 0 aliphatic heterocycles. The molecule has 0 atom stereocenters. The minimum Gasteiger partial charge on any atom is -0.456 e. The molecule has 10 rings (SSSR count). The lowest BCUT2D eigenvalue weighted by Crippen LogP contribution is -1.90. The van der Waals surface area contributed by atoms with Crippen LogP contribution in [0.2, 0.25) is 0 Å². The Labute approximate surface area is 264 Å². The Kier molecular flexibility index (Phi) is 5.31. The lowest BCUT2D eigenvalue weighted by atomic mass is 9.86. The Hall–Kier alpha value is -6.12.